The SMILES string of the molecule is CCNC(=O)CNc1cccc(C(=O)O)c1N. The van der Waals surface area contributed by atoms with Crippen molar-refractivity contribution >= 4 is 23.3 Å². The molecule has 5 N–H and O–H groups in total. The van der Waals surface area contributed by atoms with Crippen molar-refractivity contribution in [3.05, 3.63) is 23.8 Å². The van der Waals surface area contributed by atoms with Gasteiger partial charge in [-0.1, -0.05) is 6.07 Å². The van der Waals surface area contributed by atoms with Gasteiger partial charge in [-0.05, 0) is 19.1 Å². The Hall–Kier alpha value is -2.24. The van der Waals surface area contributed by atoms with E-state index < -0.39 is 5.97 Å². The number of benzene rings is 1. The summed E-state index contributed by atoms with van der Waals surface area (Å²) >= 11 is 0. The number of carbonyl (C=O) groups excluding carboxylic acids is 1. The maximum Gasteiger partial charge on any atom is 0.337 e. The summed E-state index contributed by atoms with van der Waals surface area (Å²) in [5.41, 5.74) is 6.26. The monoisotopic (exact) mass is 237 g/mol. The number of hydrogen-bond acceptors (Lipinski definition) is 4. The first-order chi connectivity index (χ1) is 8.06. The number of hydrogen-bond donors (Lipinski definition) is 4. The molecule has 0 spiro atoms. The first-order valence-electron chi connectivity index (χ1n) is 5.18. The lowest BCUT2D eigenvalue weighted by atomic mass is 10.1. The summed E-state index contributed by atoms with van der Waals surface area (Å²) in [5.74, 6) is -1.27. The number of para-hydroxylation sites is 1. The lowest BCUT2D eigenvalue weighted by Crippen LogP contribution is -2.29. The van der Waals surface area contributed by atoms with Gasteiger partial charge < -0.3 is 21.5 Å². The number of nitrogens with one attached hydrogen (secondary N) is 2. The highest BCUT2D eigenvalue weighted by molar-refractivity contribution is 5.97. The van der Waals surface area contributed by atoms with Crippen LogP contribution < -0.4 is 16.4 Å². The summed E-state index contributed by atoms with van der Waals surface area (Å²) in [5, 5.41) is 14.3. The van der Waals surface area contributed by atoms with Crippen LogP contribution in [0, 0.1) is 0 Å². The Labute approximate surface area is 98.8 Å². The van der Waals surface area contributed by atoms with Crippen LogP contribution >= 0.6 is 0 Å². The average Bonchev–Trinajstić information content (AvgIpc) is 2.27. The van der Waals surface area contributed by atoms with Crippen molar-refractivity contribution in [3.8, 4) is 0 Å². The molecule has 0 heterocycles. The molecule has 0 bridgehead atoms. The predicted octanol–water partition coefficient (Wildman–Crippen LogP) is 0.515. The van der Waals surface area contributed by atoms with Crippen LogP contribution in [0.2, 0.25) is 0 Å². The van der Waals surface area contributed by atoms with Crippen molar-refractivity contribution in [2.45, 2.75) is 6.92 Å². The molecule has 0 fully saturated rings. The van der Waals surface area contributed by atoms with E-state index in [1.807, 2.05) is 6.92 Å². The molecule has 0 atom stereocenters. The van der Waals surface area contributed by atoms with Crippen molar-refractivity contribution in [1.29, 1.82) is 0 Å². The van der Waals surface area contributed by atoms with E-state index in [1.54, 1.807) is 12.1 Å². The minimum atomic E-state index is -1.09. The molecule has 1 aromatic carbocycles. The number of nitrogen functional groups attached to an aromatic ring is 1. The lowest BCUT2D eigenvalue weighted by molar-refractivity contribution is -0.119. The fourth-order valence-corrected chi connectivity index (χ4v) is 1.34. The molecule has 0 aliphatic heterocycles. The molecule has 0 radical (unpaired) electrons. The Kier molecular flexibility index (Phi) is 4.33. The highest BCUT2D eigenvalue weighted by Crippen LogP contribution is 2.22. The maximum atomic E-state index is 11.2. The number of likely N-dealkylation sites (N-methyl/N-ethyl adjacent to an activating group) is 1. The molecular formula is C11H15N3O3. The van der Waals surface area contributed by atoms with E-state index >= 15 is 0 Å². The molecule has 6 nitrogen and oxygen atoms in total. The molecule has 92 valence electrons. The van der Waals surface area contributed by atoms with Crippen molar-refractivity contribution in [3.63, 3.8) is 0 Å². The van der Waals surface area contributed by atoms with Gasteiger partial charge in [0.15, 0.2) is 0 Å². The van der Waals surface area contributed by atoms with Crippen molar-refractivity contribution in [2.75, 3.05) is 24.1 Å². The molecule has 1 amide bonds. The highest BCUT2D eigenvalue weighted by Gasteiger charge is 2.11. The molecule has 0 aliphatic rings. The van der Waals surface area contributed by atoms with Crippen LogP contribution in [0.4, 0.5) is 11.4 Å². The van der Waals surface area contributed by atoms with Crippen LogP contribution in [-0.4, -0.2) is 30.1 Å². The van der Waals surface area contributed by atoms with E-state index in [-0.39, 0.29) is 23.7 Å². The number of aromatic carboxylic acids is 1. The third-order valence-corrected chi connectivity index (χ3v) is 2.15. The molecule has 0 aliphatic carbocycles. The fourth-order valence-electron chi connectivity index (χ4n) is 1.34. The van der Waals surface area contributed by atoms with E-state index in [0.29, 0.717) is 12.2 Å². The van der Waals surface area contributed by atoms with Crippen LogP contribution in [-0.2, 0) is 4.79 Å². The molecule has 0 unspecified atom stereocenters. The number of rotatable bonds is 5. The van der Waals surface area contributed by atoms with Gasteiger partial charge in [0.25, 0.3) is 0 Å². The molecule has 1 aromatic rings. The third-order valence-electron chi connectivity index (χ3n) is 2.15. The third kappa shape index (κ3) is 3.37. The van der Waals surface area contributed by atoms with Gasteiger partial charge in [0.1, 0.15) is 0 Å². The first-order valence-corrected chi connectivity index (χ1v) is 5.18. The summed E-state index contributed by atoms with van der Waals surface area (Å²) in [7, 11) is 0. The van der Waals surface area contributed by atoms with E-state index in [2.05, 4.69) is 10.6 Å². The van der Waals surface area contributed by atoms with Gasteiger partial charge in [-0.25, -0.2) is 4.79 Å². The molecular weight excluding hydrogens is 222 g/mol. The van der Waals surface area contributed by atoms with Crippen LogP contribution in [0.1, 0.15) is 17.3 Å². The molecule has 17 heavy (non-hydrogen) atoms. The van der Waals surface area contributed by atoms with Crippen molar-refractivity contribution in [2.24, 2.45) is 0 Å². The smallest absolute Gasteiger partial charge is 0.337 e. The molecule has 0 saturated heterocycles. The number of carboxylic acids is 1. The van der Waals surface area contributed by atoms with Crippen molar-refractivity contribution < 1.29 is 14.7 Å². The van der Waals surface area contributed by atoms with Gasteiger partial charge in [0.2, 0.25) is 5.91 Å². The summed E-state index contributed by atoms with van der Waals surface area (Å²) < 4.78 is 0. The van der Waals surface area contributed by atoms with E-state index in [4.69, 9.17) is 10.8 Å². The zero-order valence-corrected chi connectivity index (χ0v) is 9.49. The van der Waals surface area contributed by atoms with Crippen LogP contribution in [0.25, 0.3) is 0 Å². The fraction of sp³-hybridized carbons (Fsp3) is 0.273. The number of nitrogens with two attached hydrogens (primary N) is 1. The van der Waals surface area contributed by atoms with Gasteiger partial charge in [-0.3, -0.25) is 4.79 Å². The normalized spacial score (nSPS) is 9.71. The Morgan fingerprint density at radius 1 is 1.41 bits per heavy atom. The molecule has 0 saturated carbocycles. The summed E-state index contributed by atoms with van der Waals surface area (Å²) in [4.78, 5) is 22.0. The predicted molar refractivity (Wildman–Crippen MR) is 65.0 cm³/mol. The number of carboxylic acid groups (broad SMARTS) is 1. The van der Waals surface area contributed by atoms with Gasteiger partial charge in [-0.2, -0.15) is 0 Å². The Bertz CT molecular complexity index is 432. The zero-order chi connectivity index (χ0) is 12.8. The Morgan fingerprint density at radius 3 is 2.71 bits per heavy atom. The quantitative estimate of drug-likeness (QED) is 0.559. The zero-order valence-electron chi connectivity index (χ0n) is 9.49. The number of carbonyl (C=O) groups is 2. The Balaban J connectivity index is 2.75. The minimum Gasteiger partial charge on any atom is -0.478 e. The van der Waals surface area contributed by atoms with Crippen LogP contribution in [0.15, 0.2) is 18.2 Å². The largest absolute Gasteiger partial charge is 0.478 e. The van der Waals surface area contributed by atoms with Gasteiger partial charge >= 0.3 is 5.97 Å². The molecule has 6 heteroatoms. The average molecular weight is 237 g/mol. The molecule has 1 rings (SSSR count). The summed E-state index contributed by atoms with van der Waals surface area (Å²) in [6, 6.07) is 4.61. The van der Waals surface area contributed by atoms with Crippen LogP contribution in [0.3, 0.4) is 0 Å². The number of amides is 1. The second-order valence-electron chi connectivity index (χ2n) is 3.38. The van der Waals surface area contributed by atoms with Gasteiger partial charge in [-0.15, -0.1) is 0 Å². The Morgan fingerprint density at radius 2 is 2.12 bits per heavy atom. The van der Waals surface area contributed by atoms with Gasteiger partial charge in [0.05, 0.1) is 23.5 Å². The summed E-state index contributed by atoms with van der Waals surface area (Å²) in [6.45, 7) is 2.42. The number of anilines is 2. The van der Waals surface area contributed by atoms with Crippen molar-refractivity contribution in [1.82, 2.24) is 5.32 Å². The standard InChI is InChI=1S/C11H15N3O3/c1-2-13-9(15)6-14-8-5-3-4-7(10(8)12)11(16)17/h3-5,14H,2,6,12H2,1H3,(H,13,15)(H,16,17). The minimum absolute atomic E-state index is 0.0194. The van der Waals surface area contributed by atoms with E-state index in [0.717, 1.165) is 0 Å². The maximum absolute atomic E-state index is 11.2. The van der Waals surface area contributed by atoms with Crippen LogP contribution in [0.5, 0.6) is 0 Å². The second-order valence-corrected chi connectivity index (χ2v) is 3.38. The molecule has 0 aromatic heterocycles. The summed E-state index contributed by atoms with van der Waals surface area (Å²) in [6.07, 6.45) is 0. The first kappa shape index (κ1) is 12.8. The van der Waals surface area contributed by atoms with Gasteiger partial charge in [0, 0.05) is 6.54 Å². The second kappa shape index (κ2) is 5.74. The highest BCUT2D eigenvalue weighted by atomic mass is 16.4. The topological polar surface area (TPSA) is 104 Å². The lowest BCUT2D eigenvalue weighted by Gasteiger charge is -2.10. The van der Waals surface area contributed by atoms with E-state index in [1.165, 1.54) is 6.07 Å². The van der Waals surface area contributed by atoms with E-state index in [9.17, 15) is 9.59 Å².